The van der Waals surface area contributed by atoms with Crippen molar-refractivity contribution < 1.29 is 91.5 Å². The van der Waals surface area contributed by atoms with Gasteiger partial charge in [0.15, 0.2) is 0 Å². The van der Waals surface area contributed by atoms with Crippen molar-refractivity contribution >= 4 is 88.8 Å². The summed E-state index contributed by atoms with van der Waals surface area (Å²) in [5.74, 6) is -10.6. The lowest BCUT2D eigenvalue weighted by Crippen LogP contribution is -2.60. The molecule has 2 aliphatic heterocycles. The van der Waals surface area contributed by atoms with Crippen molar-refractivity contribution in [3.63, 3.8) is 0 Å². The number of aliphatic hydroxyl groups is 1. The Hall–Kier alpha value is -9.56. The molecule has 12 N–H and O–H groups in total. The van der Waals surface area contributed by atoms with Crippen LogP contribution < -0.4 is 48.3 Å². The molecule has 14 amide bonds. The van der Waals surface area contributed by atoms with Crippen molar-refractivity contribution in [2.24, 2.45) is 35.3 Å². The molecule has 2 heterocycles. The highest BCUT2D eigenvalue weighted by molar-refractivity contribution is 6.13. The van der Waals surface area contributed by atoms with Crippen LogP contribution >= 0.6 is 0 Å². The zero-order chi connectivity index (χ0) is 80.1. The van der Waals surface area contributed by atoms with Gasteiger partial charge < -0.3 is 82.5 Å². The third-order valence-corrected chi connectivity index (χ3v) is 19.5. The molecule has 0 radical (unpaired) electrons. The fraction of sp³-hybridized carbons (Fsp3) is 0.627. The van der Waals surface area contributed by atoms with Gasteiger partial charge in [-0.15, -0.1) is 0 Å². The number of likely N-dealkylation sites (N-methyl/N-ethyl adjacent to an activating group) is 2. The number of carbonyl (C=O) groups excluding carboxylic acids is 13. The van der Waals surface area contributed by atoms with E-state index in [2.05, 4.69) is 42.5 Å². The average Bonchev–Trinajstić information content (AvgIpc) is 1.29. The smallest absolute Gasteiger partial charge is 0.411 e. The number of likely N-dealkylation sites (tertiary alicyclic amines) is 1. The normalized spacial score (nSPS) is 17.2. The van der Waals surface area contributed by atoms with Crippen molar-refractivity contribution in [1.82, 2.24) is 56.8 Å². The van der Waals surface area contributed by atoms with Gasteiger partial charge in [0.25, 0.3) is 17.7 Å². The average molecular weight is 1500 g/mol. The van der Waals surface area contributed by atoms with Gasteiger partial charge in [-0.05, 0) is 99.7 Å². The summed E-state index contributed by atoms with van der Waals surface area (Å²) >= 11 is 0. The fourth-order valence-electron chi connectivity index (χ4n) is 13.3. The third-order valence-electron chi connectivity index (χ3n) is 19.5. The number of benzene rings is 2. The van der Waals surface area contributed by atoms with E-state index in [4.69, 9.17) is 19.9 Å². The fourth-order valence-corrected chi connectivity index (χ4v) is 13.3. The Morgan fingerprint density at radius 3 is 1.81 bits per heavy atom. The zero-order valence-corrected chi connectivity index (χ0v) is 64.5. The summed E-state index contributed by atoms with van der Waals surface area (Å²) < 4.78 is 18.1. The second kappa shape index (κ2) is 43.9. The van der Waals surface area contributed by atoms with Crippen LogP contribution in [0, 0.1) is 29.6 Å². The number of carbonyl (C=O) groups is 14. The number of methoxy groups -OCH3 is 2. The summed E-state index contributed by atoms with van der Waals surface area (Å²) in [5, 5.41) is 41.6. The van der Waals surface area contributed by atoms with E-state index in [0.717, 1.165) is 16.7 Å². The number of carboxylic acid groups (broad SMARTS) is 1. The van der Waals surface area contributed by atoms with Crippen molar-refractivity contribution in [3.05, 3.63) is 77.9 Å². The van der Waals surface area contributed by atoms with Crippen LogP contribution in [0.15, 0.2) is 66.7 Å². The molecule has 0 aliphatic carbocycles. The van der Waals surface area contributed by atoms with Gasteiger partial charge in [-0.3, -0.25) is 67.3 Å². The number of imide groups is 1. The van der Waals surface area contributed by atoms with E-state index in [1.807, 2.05) is 19.9 Å². The molecule has 14 atom stereocenters. The van der Waals surface area contributed by atoms with Gasteiger partial charge in [0.1, 0.15) is 30.2 Å². The summed E-state index contributed by atoms with van der Waals surface area (Å²) in [4.78, 5) is 193. The molecule has 32 nitrogen and oxygen atoms in total. The number of rotatable bonds is 44. The number of nitrogens with two attached hydrogens (primary N) is 1. The number of hydrogen-bond acceptors (Lipinski definition) is 18. The topological polar surface area (TPSA) is 442 Å². The molecule has 107 heavy (non-hydrogen) atoms. The SMILES string of the molecule is CC[C@H](C)[C@@H]([C@@H](CC(=O)N1CCC[C@H]1[C@H](OC)[C@@H](C)C(=O)N[C@H](C)[C@@H](O)c1ccccc1)OC)N(C)C(=O)[C@@H](NC(=O)[C@H](C(C)C)N(C)C(=O)OC(C(=O)NCCCCCN1C(=O)C=CC1=O)c1ccc(NC(=O)[C@H](CCCNC(N)=O)NC(=O)[C@@H](NC(=O)[C@H](CCC(=O)O)NC(C)=O)C(C)C)cc1)C(C)C. The summed E-state index contributed by atoms with van der Waals surface area (Å²) in [6, 6.07) is 5.41. The minimum Gasteiger partial charge on any atom is -0.481 e. The summed E-state index contributed by atoms with van der Waals surface area (Å²) in [6.07, 6.45) is -0.896. The molecule has 1 unspecified atom stereocenters. The molecule has 4 rings (SSSR count). The zero-order valence-electron chi connectivity index (χ0n) is 64.5. The molecule has 594 valence electrons. The van der Waals surface area contributed by atoms with Gasteiger partial charge in [0.2, 0.25) is 53.4 Å². The van der Waals surface area contributed by atoms with Crippen molar-refractivity contribution in [2.75, 3.05) is 59.8 Å². The molecular weight excluding hydrogens is 1390 g/mol. The predicted octanol–water partition coefficient (Wildman–Crippen LogP) is 3.71. The van der Waals surface area contributed by atoms with Gasteiger partial charge in [-0.1, -0.05) is 111 Å². The van der Waals surface area contributed by atoms with Crippen LogP contribution in [0.5, 0.6) is 0 Å². The van der Waals surface area contributed by atoms with Crippen molar-refractivity contribution in [3.8, 4) is 0 Å². The molecular formula is C75H115N13O19. The van der Waals surface area contributed by atoms with Crippen LogP contribution in [0.4, 0.5) is 15.3 Å². The Bertz CT molecular complexity index is 3380. The highest BCUT2D eigenvalue weighted by Crippen LogP contribution is 2.31. The van der Waals surface area contributed by atoms with Crippen LogP contribution in [0.1, 0.15) is 170 Å². The standard InChI is InChI=1S/C75H115N13O19/c1-16-45(8)63(55(105-14)41-58(92)87-40-24-28-54(87)65(106-15)46(9)67(96)79-47(10)64(95)49-25-19-17-20-26-49)85(12)73(102)61(43(4)5)84-71(100)62(44(6)7)86(13)75(104)107-66(72(101)77-37-21-18-22-39-88-56(90)34-35-57(88)91)50-29-31-51(32-30-50)81-68(97)52(27-23-38-78-74(76)103)82-70(99)60(42(2)3)83-69(98)53(80-48(11)89)33-36-59(93)94/h17,19-20,25-26,29-32,34-35,42-47,52-55,60-66,95H,16,18,21-24,27-28,33,36-41H2,1-15H3,(H,77,101)(H,79,96)(H,80,89)(H,81,97)(H,82,99)(H,83,98)(H,84,100)(H,93,94)(H3,76,78,103)/t45-,46+,47+,52-,53-,54-,55+,60-,61-,62-,63-,64+,65+,66?/m0/s1. The van der Waals surface area contributed by atoms with E-state index < -0.39 is 174 Å². The van der Waals surface area contributed by atoms with Gasteiger partial charge in [-0.25, -0.2) is 9.59 Å². The maximum absolute atomic E-state index is 15.1. The Kier molecular flexibility index (Phi) is 36.9. The molecule has 1 fully saturated rings. The highest BCUT2D eigenvalue weighted by Gasteiger charge is 2.45. The molecule has 2 aromatic rings. The summed E-state index contributed by atoms with van der Waals surface area (Å²) in [5.41, 5.74) is 6.12. The first-order valence-electron chi connectivity index (χ1n) is 36.7. The van der Waals surface area contributed by atoms with E-state index in [0.29, 0.717) is 50.6 Å². The minimum atomic E-state index is -1.71. The largest absolute Gasteiger partial charge is 0.481 e. The number of aliphatic hydroxyl groups excluding tert-OH is 1. The molecule has 2 aromatic carbocycles. The maximum Gasteiger partial charge on any atom is 0.411 e. The van der Waals surface area contributed by atoms with Crippen LogP contribution in [0.3, 0.4) is 0 Å². The molecule has 0 aromatic heterocycles. The van der Waals surface area contributed by atoms with Crippen LogP contribution in [0.2, 0.25) is 0 Å². The first kappa shape index (κ1) is 89.8. The van der Waals surface area contributed by atoms with E-state index in [9.17, 15) is 72.5 Å². The van der Waals surface area contributed by atoms with Crippen LogP contribution in [0.25, 0.3) is 0 Å². The van der Waals surface area contributed by atoms with Crippen molar-refractivity contribution in [2.45, 2.75) is 220 Å². The number of aliphatic carboxylic acids is 1. The lowest BCUT2D eigenvalue weighted by molar-refractivity contribution is -0.148. The summed E-state index contributed by atoms with van der Waals surface area (Å²) in [7, 11) is 5.84. The number of ether oxygens (including phenoxy) is 3. The lowest BCUT2D eigenvalue weighted by atomic mass is 9.89. The lowest BCUT2D eigenvalue weighted by Gasteiger charge is -2.41. The van der Waals surface area contributed by atoms with E-state index in [1.54, 1.807) is 91.6 Å². The van der Waals surface area contributed by atoms with E-state index in [1.165, 1.54) is 62.6 Å². The molecule has 32 heteroatoms. The van der Waals surface area contributed by atoms with Crippen LogP contribution in [-0.4, -0.2) is 228 Å². The molecule has 0 spiro atoms. The number of primary amides is 1. The monoisotopic (exact) mass is 1500 g/mol. The second-order valence-corrected chi connectivity index (χ2v) is 28.6. The number of nitrogens with one attached hydrogen (secondary N) is 8. The number of nitrogens with zero attached hydrogens (tertiary/aromatic N) is 4. The molecule has 0 bridgehead atoms. The minimum absolute atomic E-state index is 0.000497. The van der Waals surface area contributed by atoms with E-state index in [-0.39, 0.29) is 74.3 Å². The number of anilines is 1. The van der Waals surface area contributed by atoms with Crippen molar-refractivity contribution in [1.29, 1.82) is 0 Å². The molecule has 0 saturated carbocycles. The first-order chi connectivity index (χ1) is 50.5. The quantitative estimate of drug-likeness (QED) is 0.0333. The second-order valence-electron chi connectivity index (χ2n) is 28.6. The Balaban J connectivity index is 1.58. The van der Waals surface area contributed by atoms with Gasteiger partial charge >= 0.3 is 18.1 Å². The predicted molar refractivity (Wildman–Crippen MR) is 395 cm³/mol. The molecule has 2 aliphatic rings. The Morgan fingerprint density at radius 1 is 0.645 bits per heavy atom. The number of urea groups is 1. The number of amides is 14. The number of unbranched alkanes of at least 4 members (excludes halogenated alkanes) is 2. The highest BCUT2D eigenvalue weighted by atomic mass is 16.6. The Labute approximate surface area is 627 Å². The maximum atomic E-state index is 15.1. The van der Waals surface area contributed by atoms with Gasteiger partial charge in [-0.2, -0.15) is 0 Å². The number of hydrogen-bond donors (Lipinski definition) is 11. The molecule has 1 saturated heterocycles. The van der Waals surface area contributed by atoms with E-state index >= 15 is 4.79 Å². The Morgan fingerprint density at radius 2 is 1.25 bits per heavy atom. The van der Waals surface area contributed by atoms with Gasteiger partial charge in [0, 0.05) is 91.2 Å². The summed E-state index contributed by atoms with van der Waals surface area (Å²) in [6.45, 7) is 19.1. The third kappa shape index (κ3) is 27.0. The first-order valence-corrected chi connectivity index (χ1v) is 36.7. The van der Waals surface area contributed by atoms with Crippen LogP contribution in [-0.2, 0) is 71.7 Å². The number of carboxylic acids is 1. The van der Waals surface area contributed by atoms with Gasteiger partial charge in [0.05, 0.1) is 48.8 Å².